The van der Waals surface area contributed by atoms with Crippen LogP contribution in [0, 0.1) is 0 Å². The molecule has 22 heavy (non-hydrogen) atoms. The SMILES string of the molecule is CCOC(=O)c1nc(-c2cccc3ccccc23)[nH]c1CC. The van der Waals surface area contributed by atoms with Crippen molar-refractivity contribution >= 4 is 16.7 Å². The number of nitrogens with one attached hydrogen (secondary N) is 1. The maximum absolute atomic E-state index is 12.0. The van der Waals surface area contributed by atoms with Crippen molar-refractivity contribution in [2.75, 3.05) is 6.61 Å². The molecule has 4 nitrogen and oxygen atoms in total. The molecular weight excluding hydrogens is 276 g/mol. The van der Waals surface area contributed by atoms with Crippen molar-refractivity contribution in [1.82, 2.24) is 9.97 Å². The Kier molecular flexibility index (Phi) is 3.92. The van der Waals surface area contributed by atoms with Crippen LogP contribution in [-0.2, 0) is 11.2 Å². The smallest absolute Gasteiger partial charge is 0.358 e. The van der Waals surface area contributed by atoms with Gasteiger partial charge in [0.1, 0.15) is 5.82 Å². The van der Waals surface area contributed by atoms with Crippen LogP contribution >= 0.6 is 0 Å². The maximum atomic E-state index is 12.0. The van der Waals surface area contributed by atoms with Crippen LogP contribution in [0.25, 0.3) is 22.2 Å². The van der Waals surface area contributed by atoms with Gasteiger partial charge in [-0.05, 0) is 24.1 Å². The van der Waals surface area contributed by atoms with Crippen LogP contribution in [0.2, 0.25) is 0 Å². The molecule has 0 saturated carbocycles. The zero-order chi connectivity index (χ0) is 15.5. The zero-order valence-electron chi connectivity index (χ0n) is 12.7. The molecule has 0 aliphatic heterocycles. The molecule has 2 aromatic carbocycles. The summed E-state index contributed by atoms with van der Waals surface area (Å²) in [6, 6.07) is 14.2. The van der Waals surface area contributed by atoms with Gasteiger partial charge in [-0.3, -0.25) is 0 Å². The third-order valence-corrected chi connectivity index (χ3v) is 3.65. The van der Waals surface area contributed by atoms with Gasteiger partial charge >= 0.3 is 5.97 Å². The highest BCUT2D eigenvalue weighted by Gasteiger charge is 2.19. The lowest BCUT2D eigenvalue weighted by atomic mass is 10.0. The number of aryl methyl sites for hydroxylation is 1. The first kappa shape index (κ1) is 14.3. The molecule has 0 aliphatic rings. The number of esters is 1. The fourth-order valence-electron chi connectivity index (χ4n) is 2.59. The van der Waals surface area contributed by atoms with Crippen LogP contribution in [0.1, 0.15) is 30.0 Å². The lowest BCUT2D eigenvalue weighted by Crippen LogP contribution is -2.07. The Labute approximate surface area is 129 Å². The Hall–Kier alpha value is -2.62. The molecule has 0 aliphatic carbocycles. The summed E-state index contributed by atoms with van der Waals surface area (Å²) in [7, 11) is 0. The minimum absolute atomic E-state index is 0.346. The van der Waals surface area contributed by atoms with Gasteiger partial charge in [0.05, 0.1) is 6.61 Å². The molecule has 3 aromatic rings. The first-order valence-corrected chi connectivity index (χ1v) is 7.48. The molecule has 4 heteroatoms. The van der Waals surface area contributed by atoms with E-state index in [1.165, 1.54) is 0 Å². The fourth-order valence-corrected chi connectivity index (χ4v) is 2.59. The number of rotatable bonds is 4. The quantitative estimate of drug-likeness (QED) is 0.741. The van der Waals surface area contributed by atoms with Gasteiger partial charge in [0.25, 0.3) is 0 Å². The summed E-state index contributed by atoms with van der Waals surface area (Å²) in [4.78, 5) is 19.8. The van der Waals surface area contributed by atoms with Crippen LogP contribution in [0.15, 0.2) is 42.5 Å². The van der Waals surface area contributed by atoms with E-state index in [0.29, 0.717) is 24.5 Å². The Morgan fingerprint density at radius 2 is 1.91 bits per heavy atom. The second-order valence-corrected chi connectivity index (χ2v) is 5.01. The number of carbonyl (C=O) groups is 1. The number of aromatic nitrogens is 2. The molecule has 0 atom stereocenters. The lowest BCUT2D eigenvalue weighted by molar-refractivity contribution is 0.0519. The van der Waals surface area contributed by atoms with Crippen molar-refractivity contribution in [3.8, 4) is 11.4 Å². The number of aromatic amines is 1. The number of hydrogen-bond donors (Lipinski definition) is 1. The number of nitrogens with zero attached hydrogens (tertiary/aromatic N) is 1. The molecule has 1 N–H and O–H groups in total. The molecule has 3 rings (SSSR count). The van der Waals surface area contributed by atoms with E-state index in [2.05, 4.69) is 28.2 Å². The minimum Gasteiger partial charge on any atom is -0.461 e. The molecule has 0 unspecified atom stereocenters. The number of H-pyrrole nitrogens is 1. The van der Waals surface area contributed by atoms with Crippen LogP contribution in [0.5, 0.6) is 0 Å². The van der Waals surface area contributed by atoms with Crippen LogP contribution in [0.3, 0.4) is 0 Å². The Morgan fingerprint density at radius 1 is 1.14 bits per heavy atom. The third kappa shape index (κ3) is 2.48. The Bertz CT molecular complexity index is 816. The molecule has 112 valence electrons. The summed E-state index contributed by atoms with van der Waals surface area (Å²) < 4.78 is 5.09. The highest BCUT2D eigenvalue weighted by molar-refractivity contribution is 5.96. The predicted octanol–water partition coefficient (Wildman–Crippen LogP) is 3.97. The summed E-state index contributed by atoms with van der Waals surface area (Å²) in [5.41, 5.74) is 2.18. The molecule has 0 bridgehead atoms. The van der Waals surface area contributed by atoms with E-state index < -0.39 is 0 Å². The summed E-state index contributed by atoms with van der Waals surface area (Å²) in [5.74, 6) is 0.332. The first-order valence-electron chi connectivity index (χ1n) is 7.48. The van der Waals surface area contributed by atoms with Gasteiger partial charge in [-0.1, -0.05) is 49.4 Å². The average molecular weight is 294 g/mol. The Morgan fingerprint density at radius 3 is 2.68 bits per heavy atom. The molecule has 0 fully saturated rings. The largest absolute Gasteiger partial charge is 0.461 e. The van der Waals surface area contributed by atoms with E-state index in [1.807, 2.05) is 31.2 Å². The van der Waals surface area contributed by atoms with E-state index in [-0.39, 0.29) is 5.97 Å². The second-order valence-electron chi connectivity index (χ2n) is 5.01. The average Bonchev–Trinajstić information content (AvgIpc) is 2.99. The number of benzene rings is 2. The van der Waals surface area contributed by atoms with Gasteiger partial charge in [0.2, 0.25) is 0 Å². The predicted molar refractivity (Wildman–Crippen MR) is 86.9 cm³/mol. The Balaban J connectivity index is 2.13. The van der Waals surface area contributed by atoms with Crippen molar-refractivity contribution in [3.05, 3.63) is 53.9 Å². The highest BCUT2D eigenvalue weighted by atomic mass is 16.5. The van der Waals surface area contributed by atoms with Crippen LogP contribution in [-0.4, -0.2) is 22.5 Å². The van der Waals surface area contributed by atoms with Crippen molar-refractivity contribution in [1.29, 1.82) is 0 Å². The molecular formula is C18H18N2O2. The fraction of sp³-hybridized carbons (Fsp3) is 0.222. The highest BCUT2D eigenvalue weighted by Crippen LogP contribution is 2.27. The third-order valence-electron chi connectivity index (χ3n) is 3.65. The lowest BCUT2D eigenvalue weighted by Gasteiger charge is -2.03. The zero-order valence-corrected chi connectivity index (χ0v) is 12.7. The summed E-state index contributed by atoms with van der Waals surface area (Å²) in [6.07, 6.45) is 0.700. The van der Waals surface area contributed by atoms with Crippen LogP contribution < -0.4 is 0 Å². The van der Waals surface area contributed by atoms with Gasteiger partial charge < -0.3 is 9.72 Å². The molecule has 1 heterocycles. The number of fused-ring (bicyclic) bond motifs is 1. The van der Waals surface area contributed by atoms with Gasteiger partial charge in [0.15, 0.2) is 5.69 Å². The minimum atomic E-state index is -0.373. The van der Waals surface area contributed by atoms with E-state index in [0.717, 1.165) is 22.0 Å². The van der Waals surface area contributed by atoms with Crippen molar-refractivity contribution in [3.63, 3.8) is 0 Å². The normalized spacial score (nSPS) is 10.8. The van der Waals surface area contributed by atoms with Gasteiger partial charge in [-0.15, -0.1) is 0 Å². The summed E-state index contributed by atoms with van der Waals surface area (Å²) in [6.45, 7) is 4.13. The topological polar surface area (TPSA) is 55.0 Å². The number of ether oxygens (including phenoxy) is 1. The standard InChI is InChI=1S/C18H18N2O2/c1-3-15-16(18(21)22-4-2)20-17(19-15)14-11-7-9-12-8-5-6-10-13(12)14/h5-11H,3-4H2,1-2H3,(H,19,20). The number of imidazole rings is 1. The van der Waals surface area contributed by atoms with Crippen LogP contribution in [0.4, 0.5) is 0 Å². The molecule has 0 amide bonds. The summed E-state index contributed by atoms with van der Waals surface area (Å²) >= 11 is 0. The van der Waals surface area contributed by atoms with E-state index >= 15 is 0 Å². The van der Waals surface area contributed by atoms with Gasteiger partial charge in [-0.2, -0.15) is 0 Å². The molecule has 0 saturated heterocycles. The summed E-state index contributed by atoms with van der Waals surface area (Å²) in [5, 5.41) is 2.25. The van der Waals surface area contributed by atoms with Gasteiger partial charge in [-0.25, -0.2) is 9.78 Å². The number of hydrogen-bond acceptors (Lipinski definition) is 3. The van der Waals surface area contributed by atoms with E-state index in [9.17, 15) is 4.79 Å². The first-order chi connectivity index (χ1) is 10.7. The maximum Gasteiger partial charge on any atom is 0.358 e. The second kappa shape index (κ2) is 6.02. The van der Waals surface area contributed by atoms with E-state index in [4.69, 9.17) is 4.74 Å². The molecule has 0 spiro atoms. The molecule has 0 radical (unpaired) electrons. The van der Waals surface area contributed by atoms with Crippen molar-refractivity contribution in [2.45, 2.75) is 20.3 Å². The van der Waals surface area contributed by atoms with Crippen molar-refractivity contribution in [2.24, 2.45) is 0 Å². The molecule has 1 aromatic heterocycles. The van der Waals surface area contributed by atoms with Gasteiger partial charge in [0, 0.05) is 11.3 Å². The van der Waals surface area contributed by atoms with Crippen molar-refractivity contribution < 1.29 is 9.53 Å². The van der Waals surface area contributed by atoms with E-state index in [1.54, 1.807) is 6.92 Å². The number of carbonyl (C=O) groups excluding carboxylic acids is 1. The monoisotopic (exact) mass is 294 g/mol.